The number of ether oxygens (including phenoxy) is 2. The number of hydrogen-bond acceptors (Lipinski definition) is 5. The molecule has 1 amide bonds. The van der Waals surface area contributed by atoms with E-state index in [0.717, 1.165) is 24.5 Å². The molecule has 6 nitrogen and oxygen atoms in total. The lowest BCUT2D eigenvalue weighted by molar-refractivity contribution is -0.125. The van der Waals surface area contributed by atoms with Gasteiger partial charge in [-0.25, -0.2) is 0 Å². The van der Waals surface area contributed by atoms with Crippen LogP contribution in [-0.4, -0.2) is 54.4 Å². The first-order valence-electron chi connectivity index (χ1n) is 8.10. The minimum Gasteiger partial charge on any atom is -0.490 e. The van der Waals surface area contributed by atoms with Crippen LogP contribution in [0, 0.1) is 0 Å². The molecule has 1 atom stereocenters. The summed E-state index contributed by atoms with van der Waals surface area (Å²) in [7, 11) is 0. The molecule has 128 valence electrons. The van der Waals surface area contributed by atoms with Gasteiger partial charge in [-0.15, -0.1) is 0 Å². The largest absolute Gasteiger partial charge is 0.490 e. The van der Waals surface area contributed by atoms with E-state index in [1.807, 2.05) is 31.2 Å². The molecule has 0 bridgehead atoms. The van der Waals surface area contributed by atoms with Gasteiger partial charge in [0.1, 0.15) is 6.61 Å². The fourth-order valence-electron chi connectivity index (χ4n) is 2.99. The van der Waals surface area contributed by atoms with Crippen LogP contribution in [0.3, 0.4) is 0 Å². The summed E-state index contributed by atoms with van der Waals surface area (Å²) in [6.07, 6.45) is 1.47. The molecular formula is C17H26N2O4. The van der Waals surface area contributed by atoms with Gasteiger partial charge in [0.05, 0.1) is 18.6 Å². The maximum Gasteiger partial charge on any atom is 0.220 e. The van der Waals surface area contributed by atoms with Gasteiger partial charge < -0.3 is 20.3 Å². The van der Waals surface area contributed by atoms with Crippen molar-refractivity contribution in [3.63, 3.8) is 0 Å². The Kier molecular flexibility index (Phi) is 6.24. The van der Waals surface area contributed by atoms with Crippen molar-refractivity contribution in [1.82, 2.24) is 4.90 Å². The Morgan fingerprint density at radius 3 is 2.70 bits per heavy atom. The molecule has 1 aliphatic heterocycles. The number of carbonyl (C=O) groups is 1. The zero-order valence-electron chi connectivity index (χ0n) is 13.7. The quantitative estimate of drug-likeness (QED) is 0.750. The smallest absolute Gasteiger partial charge is 0.220 e. The molecular weight excluding hydrogens is 296 g/mol. The van der Waals surface area contributed by atoms with Crippen LogP contribution in [0.1, 0.15) is 26.2 Å². The number of para-hydroxylation sites is 2. The van der Waals surface area contributed by atoms with Gasteiger partial charge in [-0.05, 0) is 38.4 Å². The van der Waals surface area contributed by atoms with Gasteiger partial charge in [0.2, 0.25) is 5.91 Å². The van der Waals surface area contributed by atoms with E-state index in [1.54, 1.807) is 0 Å². The Morgan fingerprint density at radius 1 is 1.35 bits per heavy atom. The maximum absolute atomic E-state index is 11.1. The summed E-state index contributed by atoms with van der Waals surface area (Å²) in [5.74, 6) is 0.994. The molecule has 1 aromatic rings. The van der Waals surface area contributed by atoms with Crippen LogP contribution in [0.4, 0.5) is 0 Å². The molecule has 3 N–H and O–H groups in total. The predicted molar refractivity (Wildman–Crippen MR) is 87.5 cm³/mol. The van der Waals surface area contributed by atoms with E-state index >= 15 is 0 Å². The summed E-state index contributed by atoms with van der Waals surface area (Å²) in [5.41, 5.74) is 4.21. The average Bonchev–Trinajstić information content (AvgIpc) is 2.48. The number of piperidine rings is 1. The van der Waals surface area contributed by atoms with E-state index < -0.39 is 11.5 Å². The highest BCUT2D eigenvalue weighted by Gasteiger charge is 2.34. The molecule has 1 aromatic carbocycles. The molecule has 0 radical (unpaired) electrons. The highest BCUT2D eigenvalue weighted by Crippen LogP contribution is 2.27. The van der Waals surface area contributed by atoms with Gasteiger partial charge in [0.25, 0.3) is 0 Å². The number of likely N-dealkylation sites (tertiary alicyclic amines) is 1. The van der Waals surface area contributed by atoms with Crippen molar-refractivity contribution in [2.75, 3.05) is 32.8 Å². The van der Waals surface area contributed by atoms with Crippen LogP contribution in [0.25, 0.3) is 0 Å². The molecule has 6 heteroatoms. The van der Waals surface area contributed by atoms with E-state index in [2.05, 4.69) is 4.90 Å². The van der Waals surface area contributed by atoms with Crippen molar-refractivity contribution < 1.29 is 19.4 Å². The average molecular weight is 322 g/mol. The molecule has 1 saturated heterocycles. The number of primary amides is 1. The minimum atomic E-state index is -1.01. The van der Waals surface area contributed by atoms with Crippen molar-refractivity contribution in [3.8, 4) is 11.5 Å². The number of hydrogen-bond donors (Lipinski definition) is 2. The Bertz CT molecular complexity index is 523. The molecule has 0 spiro atoms. The molecule has 1 heterocycles. The summed E-state index contributed by atoms with van der Waals surface area (Å²) in [6, 6.07) is 7.58. The number of rotatable bonds is 8. The third-order valence-corrected chi connectivity index (χ3v) is 3.95. The van der Waals surface area contributed by atoms with E-state index in [0.29, 0.717) is 32.7 Å². The monoisotopic (exact) mass is 322 g/mol. The number of benzene rings is 1. The number of carbonyl (C=O) groups excluding carboxylic acids is 1. The SMILES string of the molecule is CCOc1ccccc1OCCN1CCCC(O)(CC(N)=O)C1. The zero-order valence-corrected chi connectivity index (χ0v) is 13.7. The van der Waals surface area contributed by atoms with Gasteiger partial charge in [0.15, 0.2) is 11.5 Å². The number of nitrogens with zero attached hydrogens (tertiary/aromatic N) is 1. The van der Waals surface area contributed by atoms with Crippen LogP contribution < -0.4 is 15.2 Å². The van der Waals surface area contributed by atoms with Gasteiger partial charge in [-0.3, -0.25) is 9.69 Å². The first kappa shape index (κ1) is 17.6. The summed E-state index contributed by atoms with van der Waals surface area (Å²) >= 11 is 0. The number of aliphatic hydroxyl groups is 1. The van der Waals surface area contributed by atoms with E-state index in [9.17, 15) is 9.90 Å². The number of amides is 1. The fourth-order valence-corrected chi connectivity index (χ4v) is 2.99. The highest BCUT2D eigenvalue weighted by molar-refractivity contribution is 5.75. The summed E-state index contributed by atoms with van der Waals surface area (Å²) in [5, 5.41) is 10.4. The lowest BCUT2D eigenvalue weighted by atomic mass is 9.89. The van der Waals surface area contributed by atoms with Crippen molar-refractivity contribution in [2.45, 2.75) is 31.8 Å². The lowest BCUT2D eigenvalue weighted by Gasteiger charge is -2.38. The second-order valence-electron chi connectivity index (χ2n) is 5.98. The fraction of sp³-hybridized carbons (Fsp3) is 0.588. The topological polar surface area (TPSA) is 85.0 Å². The normalized spacial score (nSPS) is 21.8. The summed E-state index contributed by atoms with van der Waals surface area (Å²) < 4.78 is 11.3. The van der Waals surface area contributed by atoms with Crippen LogP contribution in [0.2, 0.25) is 0 Å². The number of β-amino-alcohol motifs (C(OH)–C–C–N with tert-alkyl or cyclic N) is 1. The second-order valence-corrected chi connectivity index (χ2v) is 5.98. The van der Waals surface area contributed by atoms with Crippen LogP contribution in [0.15, 0.2) is 24.3 Å². The summed E-state index contributed by atoms with van der Waals surface area (Å²) in [6.45, 7) is 5.04. The van der Waals surface area contributed by atoms with Crippen molar-refractivity contribution in [1.29, 1.82) is 0 Å². The van der Waals surface area contributed by atoms with E-state index in [1.165, 1.54) is 0 Å². The van der Waals surface area contributed by atoms with E-state index in [-0.39, 0.29) is 6.42 Å². The van der Waals surface area contributed by atoms with Gasteiger partial charge in [-0.2, -0.15) is 0 Å². The third kappa shape index (κ3) is 5.41. The molecule has 2 rings (SSSR count). The second kappa shape index (κ2) is 8.17. The third-order valence-electron chi connectivity index (χ3n) is 3.95. The summed E-state index contributed by atoms with van der Waals surface area (Å²) in [4.78, 5) is 13.2. The molecule has 0 aromatic heterocycles. The molecule has 1 fully saturated rings. The van der Waals surface area contributed by atoms with Crippen LogP contribution in [-0.2, 0) is 4.79 Å². The first-order valence-corrected chi connectivity index (χ1v) is 8.10. The van der Waals surface area contributed by atoms with Crippen molar-refractivity contribution in [2.24, 2.45) is 5.73 Å². The Balaban J connectivity index is 1.83. The number of nitrogens with two attached hydrogens (primary N) is 1. The predicted octanol–water partition coefficient (Wildman–Crippen LogP) is 1.17. The van der Waals surface area contributed by atoms with Crippen molar-refractivity contribution >= 4 is 5.91 Å². The Morgan fingerprint density at radius 2 is 2.04 bits per heavy atom. The zero-order chi connectivity index (χ0) is 16.7. The molecule has 1 aliphatic rings. The van der Waals surface area contributed by atoms with E-state index in [4.69, 9.17) is 15.2 Å². The van der Waals surface area contributed by atoms with Gasteiger partial charge in [-0.1, -0.05) is 12.1 Å². The Labute approximate surface area is 137 Å². The van der Waals surface area contributed by atoms with Crippen LogP contribution >= 0.6 is 0 Å². The molecule has 0 aliphatic carbocycles. The molecule has 23 heavy (non-hydrogen) atoms. The highest BCUT2D eigenvalue weighted by atomic mass is 16.5. The van der Waals surface area contributed by atoms with Gasteiger partial charge >= 0.3 is 0 Å². The minimum absolute atomic E-state index is 0.0114. The molecule has 1 unspecified atom stereocenters. The molecule has 0 saturated carbocycles. The lowest BCUT2D eigenvalue weighted by Crippen LogP contribution is -2.50. The van der Waals surface area contributed by atoms with Gasteiger partial charge in [0, 0.05) is 13.1 Å². The van der Waals surface area contributed by atoms with Crippen LogP contribution in [0.5, 0.6) is 11.5 Å². The maximum atomic E-state index is 11.1. The standard InChI is InChI=1S/C17H26N2O4/c1-2-22-14-6-3-4-7-15(14)23-11-10-19-9-5-8-17(21,13-19)12-16(18)20/h3-4,6-7,21H,2,5,8-13H2,1H3,(H2,18,20). The Hall–Kier alpha value is -1.79. The first-order chi connectivity index (χ1) is 11.0. The van der Waals surface area contributed by atoms with Crippen molar-refractivity contribution in [3.05, 3.63) is 24.3 Å².